The molecule has 1 saturated heterocycles. The minimum atomic E-state index is -0.485. The third-order valence-corrected chi connectivity index (χ3v) is 3.08. The largest absolute Gasteiger partial charge is 0.388 e. The number of hydrogen-bond acceptors (Lipinski definition) is 3. The minimum Gasteiger partial charge on any atom is -0.388 e. The predicted molar refractivity (Wildman–Crippen MR) is 66.0 cm³/mol. The number of aliphatic hydroxyl groups is 1. The van der Waals surface area contributed by atoms with Gasteiger partial charge in [-0.2, -0.15) is 0 Å². The molecule has 1 aromatic rings. The number of ether oxygens (including phenoxy) is 2. The zero-order chi connectivity index (χ0) is 12.1. The Labute approximate surface area is 106 Å². The van der Waals surface area contributed by atoms with Crippen LogP contribution >= 0.6 is 11.6 Å². The van der Waals surface area contributed by atoms with Crippen LogP contribution in [0.15, 0.2) is 24.3 Å². The Morgan fingerprint density at radius 3 is 2.53 bits per heavy atom. The van der Waals surface area contributed by atoms with Gasteiger partial charge in [-0.3, -0.25) is 0 Å². The number of rotatable bonds is 4. The van der Waals surface area contributed by atoms with E-state index < -0.39 is 6.10 Å². The zero-order valence-corrected chi connectivity index (χ0v) is 10.4. The molecule has 3 nitrogen and oxygen atoms in total. The molecule has 0 radical (unpaired) electrons. The van der Waals surface area contributed by atoms with E-state index in [1.165, 1.54) is 0 Å². The second kappa shape index (κ2) is 6.36. The monoisotopic (exact) mass is 256 g/mol. The molecule has 0 aromatic heterocycles. The Morgan fingerprint density at radius 2 is 1.88 bits per heavy atom. The van der Waals surface area contributed by atoms with E-state index in [1.54, 1.807) is 12.1 Å². The van der Waals surface area contributed by atoms with Crippen LogP contribution in [0.3, 0.4) is 0 Å². The fourth-order valence-corrected chi connectivity index (χ4v) is 1.97. The molecule has 1 N–H and O–H groups in total. The van der Waals surface area contributed by atoms with E-state index >= 15 is 0 Å². The van der Waals surface area contributed by atoms with Crippen molar-refractivity contribution in [1.82, 2.24) is 0 Å². The van der Waals surface area contributed by atoms with Crippen LogP contribution in [0.4, 0.5) is 0 Å². The second-order valence-electron chi connectivity index (χ2n) is 4.17. The van der Waals surface area contributed by atoms with E-state index in [2.05, 4.69) is 0 Å². The molecule has 0 saturated carbocycles. The van der Waals surface area contributed by atoms with Crippen molar-refractivity contribution in [3.63, 3.8) is 0 Å². The van der Waals surface area contributed by atoms with E-state index in [4.69, 9.17) is 21.1 Å². The maximum atomic E-state index is 9.99. The lowest BCUT2D eigenvalue weighted by atomic mass is 10.0. The maximum absolute atomic E-state index is 9.99. The quantitative estimate of drug-likeness (QED) is 0.900. The fourth-order valence-electron chi connectivity index (χ4n) is 1.85. The molecule has 17 heavy (non-hydrogen) atoms. The molecular formula is C13H17ClO3. The SMILES string of the molecule is O[C@@H](CCC1OCCCO1)c1ccc(Cl)cc1. The van der Waals surface area contributed by atoms with Gasteiger partial charge in [0.1, 0.15) is 0 Å². The Balaban J connectivity index is 1.80. The average Bonchev–Trinajstić information content (AvgIpc) is 2.38. The third kappa shape index (κ3) is 3.96. The van der Waals surface area contributed by atoms with Crippen molar-refractivity contribution in [2.24, 2.45) is 0 Å². The highest BCUT2D eigenvalue weighted by molar-refractivity contribution is 6.30. The van der Waals surface area contributed by atoms with Crippen molar-refractivity contribution >= 4 is 11.6 Å². The van der Waals surface area contributed by atoms with E-state index in [0.29, 0.717) is 17.9 Å². The Hall–Kier alpha value is -0.610. The summed E-state index contributed by atoms with van der Waals surface area (Å²) in [7, 11) is 0. The average molecular weight is 257 g/mol. The van der Waals surface area contributed by atoms with E-state index in [1.807, 2.05) is 12.1 Å². The van der Waals surface area contributed by atoms with Crippen molar-refractivity contribution < 1.29 is 14.6 Å². The van der Waals surface area contributed by atoms with Gasteiger partial charge in [0.2, 0.25) is 0 Å². The van der Waals surface area contributed by atoms with Crippen LogP contribution in [-0.4, -0.2) is 24.6 Å². The molecule has 0 unspecified atom stereocenters. The Kier molecular flexibility index (Phi) is 4.80. The highest BCUT2D eigenvalue weighted by Crippen LogP contribution is 2.22. The fraction of sp³-hybridized carbons (Fsp3) is 0.538. The summed E-state index contributed by atoms with van der Waals surface area (Å²) in [6.07, 6.45) is 1.65. The lowest BCUT2D eigenvalue weighted by Crippen LogP contribution is -2.25. The van der Waals surface area contributed by atoms with Gasteiger partial charge in [-0.05, 0) is 30.5 Å². The summed E-state index contributed by atoms with van der Waals surface area (Å²) in [5, 5.41) is 10.7. The molecular weight excluding hydrogens is 240 g/mol. The second-order valence-corrected chi connectivity index (χ2v) is 4.61. The molecule has 0 amide bonds. The molecule has 0 spiro atoms. The van der Waals surface area contributed by atoms with Crippen LogP contribution in [0.2, 0.25) is 5.02 Å². The lowest BCUT2D eigenvalue weighted by Gasteiger charge is -2.24. The Morgan fingerprint density at radius 1 is 1.24 bits per heavy atom. The van der Waals surface area contributed by atoms with Crippen LogP contribution in [0, 0.1) is 0 Å². The first-order chi connectivity index (χ1) is 8.25. The summed E-state index contributed by atoms with van der Waals surface area (Å²) in [6.45, 7) is 1.50. The molecule has 4 heteroatoms. The summed E-state index contributed by atoms with van der Waals surface area (Å²) in [6, 6.07) is 7.26. The van der Waals surface area contributed by atoms with Crippen LogP contribution in [0.1, 0.15) is 30.9 Å². The van der Waals surface area contributed by atoms with Crippen LogP contribution < -0.4 is 0 Å². The van der Waals surface area contributed by atoms with Gasteiger partial charge in [-0.1, -0.05) is 23.7 Å². The summed E-state index contributed by atoms with van der Waals surface area (Å²) >= 11 is 5.79. The minimum absolute atomic E-state index is 0.161. The molecule has 0 aliphatic carbocycles. The number of aliphatic hydroxyl groups excluding tert-OH is 1. The van der Waals surface area contributed by atoms with Crippen molar-refractivity contribution in [1.29, 1.82) is 0 Å². The standard InChI is InChI=1S/C13H17ClO3/c14-11-4-2-10(3-5-11)12(15)6-7-13-16-8-1-9-17-13/h2-5,12-13,15H,1,6-9H2/t12-/m0/s1. The number of halogens is 1. The van der Waals surface area contributed by atoms with Crippen molar-refractivity contribution in [3.8, 4) is 0 Å². The van der Waals surface area contributed by atoms with Gasteiger partial charge >= 0.3 is 0 Å². The molecule has 1 atom stereocenters. The van der Waals surface area contributed by atoms with Crippen LogP contribution in [-0.2, 0) is 9.47 Å². The Bertz CT molecular complexity index is 333. The first-order valence-electron chi connectivity index (χ1n) is 5.92. The highest BCUT2D eigenvalue weighted by Gasteiger charge is 2.16. The molecule has 1 aliphatic heterocycles. The van der Waals surface area contributed by atoms with Gasteiger partial charge in [0.25, 0.3) is 0 Å². The summed E-state index contributed by atoms with van der Waals surface area (Å²) in [5.41, 5.74) is 0.880. The first kappa shape index (κ1) is 12.8. The lowest BCUT2D eigenvalue weighted by molar-refractivity contribution is -0.183. The van der Waals surface area contributed by atoms with Gasteiger partial charge in [-0.15, -0.1) is 0 Å². The third-order valence-electron chi connectivity index (χ3n) is 2.83. The summed E-state index contributed by atoms with van der Waals surface area (Å²) in [5.74, 6) is 0. The summed E-state index contributed by atoms with van der Waals surface area (Å²) in [4.78, 5) is 0. The van der Waals surface area contributed by atoms with Crippen LogP contribution in [0.5, 0.6) is 0 Å². The number of hydrogen-bond donors (Lipinski definition) is 1. The molecule has 1 fully saturated rings. The summed E-state index contributed by atoms with van der Waals surface area (Å²) < 4.78 is 10.9. The van der Waals surface area contributed by atoms with Gasteiger partial charge in [0.15, 0.2) is 6.29 Å². The van der Waals surface area contributed by atoms with E-state index in [0.717, 1.165) is 25.2 Å². The highest BCUT2D eigenvalue weighted by atomic mass is 35.5. The molecule has 1 heterocycles. The predicted octanol–water partition coefficient (Wildman–Crippen LogP) is 2.92. The molecule has 2 rings (SSSR count). The molecule has 94 valence electrons. The maximum Gasteiger partial charge on any atom is 0.157 e. The smallest absolute Gasteiger partial charge is 0.157 e. The van der Waals surface area contributed by atoms with E-state index in [9.17, 15) is 5.11 Å². The van der Waals surface area contributed by atoms with Crippen molar-refractivity contribution in [2.45, 2.75) is 31.7 Å². The van der Waals surface area contributed by atoms with Crippen molar-refractivity contribution in [3.05, 3.63) is 34.9 Å². The van der Waals surface area contributed by atoms with Gasteiger partial charge in [0.05, 0.1) is 19.3 Å². The van der Waals surface area contributed by atoms with Crippen LogP contribution in [0.25, 0.3) is 0 Å². The topological polar surface area (TPSA) is 38.7 Å². The van der Waals surface area contributed by atoms with Gasteiger partial charge in [-0.25, -0.2) is 0 Å². The molecule has 0 bridgehead atoms. The zero-order valence-electron chi connectivity index (χ0n) is 9.64. The first-order valence-corrected chi connectivity index (χ1v) is 6.30. The van der Waals surface area contributed by atoms with E-state index in [-0.39, 0.29) is 6.29 Å². The molecule has 1 aliphatic rings. The molecule has 1 aromatic carbocycles. The van der Waals surface area contributed by atoms with Gasteiger partial charge < -0.3 is 14.6 Å². The number of benzene rings is 1. The van der Waals surface area contributed by atoms with Crippen molar-refractivity contribution in [2.75, 3.05) is 13.2 Å². The van der Waals surface area contributed by atoms with Gasteiger partial charge in [0, 0.05) is 11.4 Å². The normalized spacial score (nSPS) is 19.2.